The van der Waals surface area contributed by atoms with Gasteiger partial charge in [-0.2, -0.15) is 5.10 Å². The zero-order valence-electron chi connectivity index (χ0n) is 15.6. The highest BCUT2D eigenvalue weighted by molar-refractivity contribution is 5.75. The van der Waals surface area contributed by atoms with Gasteiger partial charge in [0.2, 0.25) is 5.91 Å². The number of para-hydroxylation sites is 1. The van der Waals surface area contributed by atoms with E-state index in [2.05, 4.69) is 5.10 Å². The number of pyridine rings is 1. The Morgan fingerprint density at radius 1 is 1.22 bits per heavy atom. The van der Waals surface area contributed by atoms with Crippen LogP contribution in [0.3, 0.4) is 0 Å². The minimum atomic E-state index is -0.325. The third kappa shape index (κ3) is 4.08. The number of aromatic nitrogens is 3. The van der Waals surface area contributed by atoms with Crippen LogP contribution in [0.2, 0.25) is 0 Å². The van der Waals surface area contributed by atoms with E-state index in [4.69, 9.17) is 4.74 Å². The summed E-state index contributed by atoms with van der Waals surface area (Å²) < 4.78 is 8.15. The molecule has 0 saturated heterocycles. The van der Waals surface area contributed by atoms with Crippen LogP contribution in [0.25, 0.3) is 5.69 Å². The summed E-state index contributed by atoms with van der Waals surface area (Å²) in [5, 5.41) is 4.39. The van der Waals surface area contributed by atoms with Gasteiger partial charge in [-0.1, -0.05) is 18.2 Å². The molecule has 27 heavy (non-hydrogen) atoms. The molecule has 140 valence electrons. The third-order valence-corrected chi connectivity index (χ3v) is 4.35. The van der Waals surface area contributed by atoms with Gasteiger partial charge in [-0.15, -0.1) is 0 Å². The lowest BCUT2D eigenvalue weighted by atomic mass is 10.2. The second-order valence-electron chi connectivity index (χ2n) is 6.34. The summed E-state index contributed by atoms with van der Waals surface area (Å²) in [4.78, 5) is 26.2. The quantitative estimate of drug-likeness (QED) is 0.669. The normalized spacial score (nSPS) is 10.6. The van der Waals surface area contributed by atoms with Crippen molar-refractivity contribution in [1.82, 2.24) is 19.2 Å². The largest absolute Gasteiger partial charge is 0.491 e. The van der Waals surface area contributed by atoms with Gasteiger partial charge in [-0.05, 0) is 30.7 Å². The van der Waals surface area contributed by atoms with Crippen molar-refractivity contribution in [3.05, 3.63) is 76.5 Å². The van der Waals surface area contributed by atoms with Gasteiger partial charge in [0, 0.05) is 31.5 Å². The Labute approximate surface area is 157 Å². The number of rotatable bonds is 6. The molecular weight excluding hydrogens is 344 g/mol. The van der Waals surface area contributed by atoms with Crippen LogP contribution in [0.5, 0.6) is 5.75 Å². The monoisotopic (exact) mass is 366 g/mol. The zero-order valence-corrected chi connectivity index (χ0v) is 15.6. The van der Waals surface area contributed by atoms with Crippen molar-refractivity contribution < 1.29 is 9.53 Å². The molecule has 0 aliphatic rings. The fourth-order valence-electron chi connectivity index (χ4n) is 2.82. The number of benzene rings is 1. The molecule has 0 aliphatic carbocycles. The first-order chi connectivity index (χ1) is 13.0. The van der Waals surface area contributed by atoms with Crippen LogP contribution >= 0.6 is 0 Å². The Balaban J connectivity index is 1.69. The topological polar surface area (TPSA) is 69.4 Å². The number of likely N-dealkylation sites (N-methyl/N-ethyl adjacent to an activating group) is 1. The van der Waals surface area contributed by atoms with Crippen molar-refractivity contribution in [2.45, 2.75) is 20.0 Å². The van der Waals surface area contributed by atoms with Gasteiger partial charge in [-0.25, -0.2) is 4.68 Å². The molecule has 3 rings (SSSR count). The number of amides is 1. The lowest BCUT2D eigenvalue weighted by Gasteiger charge is -2.17. The molecule has 1 amide bonds. The van der Waals surface area contributed by atoms with Crippen LogP contribution in [0.15, 0.2) is 59.8 Å². The SMILES string of the molecule is COc1cccn(CC(=O)N(C)Cc2cnn(-c3ccccc3C)c2)c1=O. The maximum atomic E-state index is 12.5. The predicted octanol–water partition coefficient (Wildman–Crippen LogP) is 2.01. The highest BCUT2D eigenvalue weighted by Gasteiger charge is 2.13. The molecule has 0 unspecified atom stereocenters. The van der Waals surface area contributed by atoms with Gasteiger partial charge in [-0.3, -0.25) is 9.59 Å². The molecule has 2 aromatic heterocycles. The van der Waals surface area contributed by atoms with E-state index in [0.29, 0.717) is 6.54 Å². The van der Waals surface area contributed by atoms with Crippen LogP contribution in [0.1, 0.15) is 11.1 Å². The standard InChI is InChI=1S/C20H22N4O3/c1-15-7-4-5-8-17(15)24-13-16(11-21-24)12-22(2)19(25)14-23-10-6-9-18(27-3)20(23)26/h4-11,13H,12,14H2,1-3H3. The van der Waals surface area contributed by atoms with Crippen LogP contribution in [0, 0.1) is 6.92 Å². The molecule has 0 radical (unpaired) electrons. The summed E-state index contributed by atoms with van der Waals surface area (Å²) in [5.41, 5.74) is 2.70. The first kappa shape index (κ1) is 18.4. The van der Waals surface area contributed by atoms with E-state index in [1.165, 1.54) is 11.7 Å². The van der Waals surface area contributed by atoms with Crippen molar-refractivity contribution in [3.63, 3.8) is 0 Å². The van der Waals surface area contributed by atoms with Crippen LogP contribution in [-0.4, -0.2) is 39.3 Å². The first-order valence-electron chi connectivity index (χ1n) is 8.56. The molecule has 0 spiro atoms. The van der Waals surface area contributed by atoms with E-state index < -0.39 is 0 Å². The van der Waals surface area contributed by atoms with Crippen molar-refractivity contribution >= 4 is 5.91 Å². The van der Waals surface area contributed by atoms with E-state index in [1.807, 2.05) is 37.4 Å². The Bertz CT molecular complexity index is 1010. The number of methoxy groups -OCH3 is 1. The van der Waals surface area contributed by atoms with Crippen molar-refractivity contribution in [1.29, 1.82) is 0 Å². The van der Waals surface area contributed by atoms with Crippen molar-refractivity contribution in [2.75, 3.05) is 14.2 Å². The first-order valence-corrected chi connectivity index (χ1v) is 8.56. The molecule has 3 aromatic rings. The molecule has 0 saturated carbocycles. The van der Waals surface area contributed by atoms with E-state index in [0.717, 1.165) is 16.8 Å². The number of aryl methyl sites for hydroxylation is 1. The van der Waals surface area contributed by atoms with Gasteiger partial charge in [0.15, 0.2) is 5.75 Å². The minimum Gasteiger partial charge on any atom is -0.491 e. The maximum Gasteiger partial charge on any atom is 0.293 e. The summed E-state index contributed by atoms with van der Waals surface area (Å²) in [7, 11) is 3.14. The molecule has 0 N–H and O–H groups in total. The number of hydrogen-bond acceptors (Lipinski definition) is 4. The fourth-order valence-corrected chi connectivity index (χ4v) is 2.82. The van der Waals surface area contributed by atoms with Crippen LogP contribution in [-0.2, 0) is 17.9 Å². The maximum absolute atomic E-state index is 12.5. The molecule has 0 aliphatic heterocycles. The molecule has 7 nitrogen and oxygen atoms in total. The summed E-state index contributed by atoms with van der Waals surface area (Å²) in [5.74, 6) is 0.0430. The number of ether oxygens (including phenoxy) is 1. The fraction of sp³-hybridized carbons (Fsp3) is 0.250. The van der Waals surface area contributed by atoms with E-state index >= 15 is 0 Å². The average Bonchev–Trinajstić information content (AvgIpc) is 3.12. The lowest BCUT2D eigenvalue weighted by Crippen LogP contribution is -2.33. The van der Waals surface area contributed by atoms with Gasteiger partial charge in [0.25, 0.3) is 5.56 Å². The lowest BCUT2D eigenvalue weighted by molar-refractivity contribution is -0.131. The second-order valence-corrected chi connectivity index (χ2v) is 6.34. The number of nitrogens with zero attached hydrogens (tertiary/aromatic N) is 4. The Kier molecular flexibility index (Phi) is 5.40. The van der Waals surface area contributed by atoms with Gasteiger partial charge < -0.3 is 14.2 Å². The number of hydrogen-bond donors (Lipinski definition) is 0. The van der Waals surface area contributed by atoms with Gasteiger partial charge in [0.1, 0.15) is 6.54 Å². The van der Waals surface area contributed by atoms with Gasteiger partial charge >= 0.3 is 0 Å². The molecule has 0 bridgehead atoms. The molecule has 0 fully saturated rings. The Morgan fingerprint density at radius 3 is 2.74 bits per heavy atom. The van der Waals surface area contributed by atoms with Crippen LogP contribution < -0.4 is 10.3 Å². The summed E-state index contributed by atoms with van der Waals surface area (Å²) >= 11 is 0. The highest BCUT2D eigenvalue weighted by Crippen LogP contribution is 2.14. The average molecular weight is 366 g/mol. The summed E-state index contributed by atoms with van der Waals surface area (Å²) in [6, 6.07) is 11.2. The van der Waals surface area contributed by atoms with Gasteiger partial charge in [0.05, 0.1) is 19.0 Å². The Morgan fingerprint density at radius 2 is 2.00 bits per heavy atom. The van der Waals surface area contributed by atoms with Crippen molar-refractivity contribution in [3.8, 4) is 11.4 Å². The zero-order chi connectivity index (χ0) is 19.4. The van der Waals surface area contributed by atoms with E-state index in [1.54, 1.807) is 41.2 Å². The van der Waals surface area contributed by atoms with E-state index in [-0.39, 0.29) is 23.8 Å². The molecule has 1 aromatic carbocycles. The minimum absolute atomic E-state index is 0.0432. The second kappa shape index (κ2) is 7.90. The van der Waals surface area contributed by atoms with Crippen LogP contribution in [0.4, 0.5) is 0 Å². The van der Waals surface area contributed by atoms with E-state index in [9.17, 15) is 9.59 Å². The predicted molar refractivity (Wildman–Crippen MR) is 102 cm³/mol. The molecule has 2 heterocycles. The molecule has 0 atom stereocenters. The smallest absolute Gasteiger partial charge is 0.293 e. The number of carbonyl (C=O) groups is 1. The molecule has 7 heteroatoms. The third-order valence-electron chi connectivity index (χ3n) is 4.35. The Hall–Kier alpha value is -3.35. The molecular formula is C20H22N4O3. The number of carbonyl (C=O) groups excluding carboxylic acids is 1. The summed E-state index contributed by atoms with van der Waals surface area (Å²) in [6.45, 7) is 2.39. The summed E-state index contributed by atoms with van der Waals surface area (Å²) in [6.07, 6.45) is 5.23. The van der Waals surface area contributed by atoms with Crippen molar-refractivity contribution in [2.24, 2.45) is 0 Å². The highest BCUT2D eigenvalue weighted by atomic mass is 16.5.